The van der Waals surface area contributed by atoms with E-state index in [4.69, 9.17) is 16.3 Å². The van der Waals surface area contributed by atoms with Crippen molar-refractivity contribution in [3.8, 4) is 5.75 Å². The van der Waals surface area contributed by atoms with Gasteiger partial charge in [0.05, 0.1) is 22.1 Å². The zero-order valence-electron chi connectivity index (χ0n) is 20.3. The van der Waals surface area contributed by atoms with Gasteiger partial charge in [0.1, 0.15) is 11.3 Å². The van der Waals surface area contributed by atoms with Gasteiger partial charge in [-0.05, 0) is 61.4 Å². The fraction of sp³-hybridized carbons (Fsp3) is 0.185. The molecule has 0 aromatic heterocycles. The van der Waals surface area contributed by atoms with Crippen molar-refractivity contribution in [3.05, 3.63) is 92.0 Å². The van der Waals surface area contributed by atoms with Gasteiger partial charge in [-0.25, -0.2) is 4.90 Å². The summed E-state index contributed by atoms with van der Waals surface area (Å²) in [6.45, 7) is 3.61. The summed E-state index contributed by atoms with van der Waals surface area (Å²) in [5.41, 5.74) is 1.36. The lowest BCUT2D eigenvalue weighted by atomic mass is 10.1. The molecule has 0 saturated carbocycles. The van der Waals surface area contributed by atoms with Crippen LogP contribution in [0.5, 0.6) is 5.75 Å². The van der Waals surface area contributed by atoms with Gasteiger partial charge >= 0.3 is 5.97 Å². The highest BCUT2D eigenvalue weighted by atomic mass is 35.5. The molecule has 0 radical (unpaired) electrons. The molecule has 1 atom stereocenters. The zero-order chi connectivity index (χ0) is 27.3. The maximum Gasteiger partial charge on any atom is 0.316 e. The summed E-state index contributed by atoms with van der Waals surface area (Å²) in [7, 11) is 0. The molecule has 192 valence electrons. The molecule has 3 aromatic rings. The number of benzene rings is 3. The highest BCUT2D eigenvalue weighted by molar-refractivity contribution is 6.36. The molecule has 2 aliphatic heterocycles. The second-order valence-corrected chi connectivity index (χ2v) is 9.52. The van der Waals surface area contributed by atoms with E-state index in [1.54, 1.807) is 25.1 Å². The first-order chi connectivity index (χ1) is 18.1. The molecule has 0 unspecified atom stereocenters. The Labute approximate surface area is 221 Å². The number of hydrogen-bond donors (Lipinski definition) is 0. The third-order valence-electron chi connectivity index (χ3n) is 6.64. The molecule has 11 heteroatoms. The van der Waals surface area contributed by atoms with E-state index < -0.39 is 34.3 Å². The summed E-state index contributed by atoms with van der Waals surface area (Å²) < 4.78 is 5.52. The van der Waals surface area contributed by atoms with E-state index in [9.17, 15) is 29.3 Å². The number of esters is 1. The quantitative estimate of drug-likeness (QED) is 0.154. The average Bonchev–Trinajstić information content (AvgIpc) is 3.38. The molecule has 5 rings (SSSR count). The van der Waals surface area contributed by atoms with Crippen LogP contribution in [0.3, 0.4) is 0 Å². The van der Waals surface area contributed by atoms with Gasteiger partial charge in [-0.3, -0.25) is 29.3 Å². The number of fused-ring (bicyclic) bond motifs is 1. The number of carbonyl (C=O) groups is 4. The molecular weight excluding hydrogens is 514 g/mol. The van der Waals surface area contributed by atoms with E-state index in [0.717, 1.165) is 10.5 Å². The van der Waals surface area contributed by atoms with Crippen molar-refractivity contribution in [1.29, 1.82) is 0 Å². The highest BCUT2D eigenvalue weighted by Gasteiger charge is 2.42. The molecule has 1 saturated heterocycles. The lowest BCUT2D eigenvalue weighted by Crippen LogP contribution is -2.30. The number of halogens is 1. The van der Waals surface area contributed by atoms with Crippen molar-refractivity contribution < 1.29 is 28.8 Å². The van der Waals surface area contributed by atoms with Crippen LogP contribution >= 0.6 is 11.6 Å². The van der Waals surface area contributed by atoms with E-state index in [1.807, 2.05) is 6.92 Å². The largest absolute Gasteiger partial charge is 0.426 e. The minimum Gasteiger partial charge on any atom is -0.426 e. The summed E-state index contributed by atoms with van der Waals surface area (Å²) in [4.78, 5) is 64.4. The van der Waals surface area contributed by atoms with Gasteiger partial charge in [-0.15, -0.1) is 0 Å². The molecule has 0 aliphatic carbocycles. The molecule has 0 N–H and O–H groups in total. The lowest BCUT2D eigenvalue weighted by Gasteiger charge is -2.18. The van der Waals surface area contributed by atoms with Crippen LogP contribution in [-0.4, -0.2) is 35.2 Å². The molecule has 3 amide bonds. The van der Waals surface area contributed by atoms with E-state index in [2.05, 4.69) is 0 Å². The van der Waals surface area contributed by atoms with Crippen molar-refractivity contribution in [2.75, 3.05) is 16.3 Å². The van der Waals surface area contributed by atoms with Crippen LogP contribution in [-0.2, 0) is 9.59 Å². The maximum atomic E-state index is 13.0. The molecule has 38 heavy (non-hydrogen) atoms. The molecule has 0 spiro atoms. The summed E-state index contributed by atoms with van der Waals surface area (Å²) >= 11 is 6.18. The smallest absolute Gasteiger partial charge is 0.316 e. The monoisotopic (exact) mass is 533 g/mol. The number of nitro benzene ring substituents is 1. The Hall–Kier alpha value is -4.57. The van der Waals surface area contributed by atoms with Crippen molar-refractivity contribution in [2.45, 2.75) is 20.3 Å². The van der Waals surface area contributed by atoms with Gasteiger partial charge < -0.3 is 9.64 Å². The Bertz CT molecular complexity index is 1570. The number of aryl methyl sites for hydroxylation is 2. The number of ether oxygens (including phenoxy) is 1. The number of hydrogen-bond acceptors (Lipinski definition) is 7. The van der Waals surface area contributed by atoms with Gasteiger partial charge in [-0.1, -0.05) is 23.7 Å². The first kappa shape index (κ1) is 25.1. The Morgan fingerprint density at radius 3 is 2.47 bits per heavy atom. The van der Waals surface area contributed by atoms with Crippen molar-refractivity contribution in [1.82, 2.24) is 0 Å². The van der Waals surface area contributed by atoms with Gasteiger partial charge in [0, 0.05) is 29.7 Å². The molecule has 1 fully saturated rings. The predicted octanol–water partition coefficient (Wildman–Crippen LogP) is 4.62. The summed E-state index contributed by atoms with van der Waals surface area (Å²) in [6, 6.07) is 13.5. The van der Waals surface area contributed by atoms with E-state index in [0.29, 0.717) is 16.3 Å². The SMILES string of the molecule is Cc1ccc(N2C[C@H](C(=O)Oc3ccc(N4C(=O)c5cccc([N+](=O)[O-])c5C4=O)c(C)c3)CC2=O)cc1Cl. The normalized spacial score (nSPS) is 16.7. The number of rotatable bonds is 5. The first-order valence-corrected chi connectivity index (χ1v) is 12.0. The van der Waals surface area contributed by atoms with Crippen LogP contribution < -0.4 is 14.5 Å². The average molecular weight is 534 g/mol. The Morgan fingerprint density at radius 2 is 1.79 bits per heavy atom. The Kier molecular flexibility index (Phi) is 6.20. The number of amides is 3. The maximum absolute atomic E-state index is 13.0. The fourth-order valence-electron chi connectivity index (χ4n) is 4.65. The number of nitro groups is 1. The van der Waals surface area contributed by atoms with Crippen LogP contribution in [0.4, 0.5) is 17.1 Å². The fourth-order valence-corrected chi connectivity index (χ4v) is 4.82. The minimum atomic E-state index is -0.800. The first-order valence-electron chi connectivity index (χ1n) is 11.6. The van der Waals surface area contributed by atoms with E-state index >= 15 is 0 Å². The van der Waals surface area contributed by atoms with Gasteiger partial charge in [-0.2, -0.15) is 0 Å². The molecule has 2 aliphatic rings. The van der Waals surface area contributed by atoms with E-state index in [1.165, 1.54) is 41.3 Å². The Morgan fingerprint density at radius 1 is 1.03 bits per heavy atom. The summed E-state index contributed by atoms with van der Waals surface area (Å²) in [5.74, 6) is -2.82. The standard InChI is InChI=1S/C27H20ClN3O7/c1-14-6-7-17(12-20(14)28)29-13-16(11-23(29)32)27(35)38-18-8-9-21(15(2)10-18)30-25(33)19-4-3-5-22(31(36)37)24(19)26(30)34/h3-10,12,16H,11,13H2,1-2H3/t16-/m1/s1. The predicted molar refractivity (Wildman–Crippen MR) is 138 cm³/mol. The van der Waals surface area contributed by atoms with Gasteiger partial charge in [0.2, 0.25) is 5.91 Å². The van der Waals surface area contributed by atoms with Crippen molar-refractivity contribution in [3.63, 3.8) is 0 Å². The molecular formula is C27H20ClN3O7. The van der Waals surface area contributed by atoms with Crippen LogP contribution in [0.15, 0.2) is 54.6 Å². The van der Waals surface area contributed by atoms with Crippen LogP contribution in [0.2, 0.25) is 5.02 Å². The van der Waals surface area contributed by atoms with Crippen LogP contribution in [0.1, 0.15) is 38.3 Å². The Balaban J connectivity index is 1.32. The second-order valence-electron chi connectivity index (χ2n) is 9.11. The molecule has 10 nitrogen and oxygen atoms in total. The van der Waals surface area contributed by atoms with Crippen molar-refractivity contribution in [2.24, 2.45) is 5.92 Å². The molecule has 0 bridgehead atoms. The van der Waals surface area contributed by atoms with Gasteiger partial charge in [0.15, 0.2) is 0 Å². The second kappa shape index (κ2) is 9.38. The summed E-state index contributed by atoms with van der Waals surface area (Å²) in [6.07, 6.45) is -0.0186. The number of imide groups is 1. The van der Waals surface area contributed by atoms with E-state index in [-0.39, 0.29) is 41.4 Å². The molecule has 2 heterocycles. The van der Waals surface area contributed by atoms with Gasteiger partial charge in [0.25, 0.3) is 17.5 Å². The minimum absolute atomic E-state index is 0.0186. The number of anilines is 2. The third kappa shape index (κ3) is 4.18. The zero-order valence-corrected chi connectivity index (χ0v) is 21.0. The van der Waals surface area contributed by atoms with Crippen LogP contribution in [0, 0.1) is 29.9 Å². The number of nitrogens with zero attached hydrogens (tertiary/aromatic N) is 3. The summed E-state index contributed by atoms with van der Waals surface area (Å²) in [5, 5.41) is 11.9. The van der Waals surface area contributed by atoms with Crippen molar-refractivity contribution >= 4 is 52.4 Å². The highest BCUT2D eigenvalue weighted by Crippen LogP contribution is 2.36. The lowest BCUT2D eigenvalue weighted by molar-refractivity contribution is -0.385. The third-order valence-corrected chi connectivity index (χ3v) is 7.05. The van der Waals surface area contributed by atoms with Crippen LogP contribution in [0.25, 0.3) is 0 Å². The topological polar surface area (TPSA) is 127 Å². The number of carbonyl (C=O) groups excluding carboxylic acids is 4. The molecule has 3 aromatic carbocycles.